The molecule has 112 valence electrons. The average Bonchev–Trinajstić information content (AvgIpc) is 2.51. The Labute approximate surface area is 126 Å². The highest BCUT2D eigenvalue weighted by Gasteiger charge is 1.98. The first kappa shape index (κ1) is 15.4. The fourth-order valence-corrected chi connectivity index (χ4v) is 2.06. The molecule has 0 atom stereocenters. The molecular formula is C18H22FNO. The van der Waals surface area contributed by atoms with Crippen LogP contribution < -0.4 is 10.1 Å². The van der Waals surface area contributed by atoms with Gasteiger partial charge in [0, 0.05) is 12.2 Å². The van der Waals surface area contributed by atoms with Gasteiger partial charge in [0.1, 0.15) is 11.6 Å². The van der Waals surface area contributed by atoms with E-state index in [4.69, 9.17) is 4.74 Å². The number of unbranched alkanes of at least 4 members (excludes halogenated alkanes) is 2. The van der Waals surface area contributed by atoms with E-state index in [1.54, 1.807) is 6.07 Å². The van der Waals surface area contributed by atoms with Crippen LogP contribution in [0.15, 0.2) is 48.5 Å². The van der Waals surface area contributed by atoms with E-state index in [2.05, 4.69) is 12.2 Å². The van der Waals surface area contributed by atoms with Gasteiger partial charge in [0.15, 0.2) is 0 Å². The Balaban J connectivity index is 1.79. The highest BCUT2D eigenvalue weighted by molar-refractivity contribution is 5.46. The van der Waals surface area contributed by atoms with Crippen LogP contribution in [-0.2, 0) is 6.54 Å². The van der Waals surface area contributed by atoms with Crippen molar-refractivity contribution in [2.24, 2.45) is 0 Å². The quantitative estimate of drug-likeness (QED) is 0.689. The SMILES string of the molecule is CCCCCOc1ccc(NCc2cccc(F)c2)cc1. The van der Waals surface area contributed by atoms with Crippen LogP contribution in [0.1, 0.15) is 31.7 Å². The summed E-state index contributed by atoms with van der Waals surface area (Å²) in [6.07, 6.45) is 3.50. The third-order valence-electron chi connectivity index (χ3n) is 3.26. The first-order chi connectivity index (χ1) is 10.3. The molecule has 0 fully saturated rings. The summed E-state index contributed by atoms with van der Waals surface area (Å²) in [4.78, 5) is 0. The molecule has 3 heteroatoms. The lowest BCUT2D eigenvalue weighted by Gasteiger charge is -2.09. The Hall–Kier alpha value is -2.03. The largest absolute Gasteiger partial charge is 0.494 e. The number of ether oxygens (including phenoxy) is 1. The molecule has 0 bridgehead atoms. The molecule has 0 heterocycles. The minimum atomic E-state index is -0.204. The van der Waals surface area contributed by atoms with Crippen molar-refractivity contribution in [1.29, 1.82) is 0 Å². The maximum atomic E-state index is 13.1. The molecular weight excluding hydrogens is 265 g/mol. The van der Waals surface area contributed by atoms with Gasteiger partial charge in [-0.3, -0.25) is 0 Å². The van der Waals surface area contributed by atoms with Gasteiger partial charge in [-0.1, -0.05) is 31.9 Å². The van der Waals surface area contributed by atoms with Crippen LogP contribution in [0.4, 0.5) is 10.1 Å². The van der Waals surface area contributed by atoms with E-state index < -0.39 is 0 Å². The highest BCUT2D eigenvalue weighted by atomic mass is 19.1. The number of anilines is 1. The summed E-state index contributed by atoms with van der Waals surface area (Å²) in [5.74, 6) is 0.688. The normalized spacial score (nSPS) is 10.4. The summed E-state index contributed by atoms with van der Waals surface area (Å²) in [5, 5.41) is 3.27. The third-order valence-corrected chi connectivity index (χ3v) is 3.26. The second kappa shape index (κ2) is 8.30. The Morgan fingerprint density at radius 1 is 1.05 bits per heavy atom. The number of halogens is 1. The van der Waals surface area contributed by atoms with Gasteiger partial charge < -0.3 is 10.1 Å². The van der Waals surface area contributed by atoms with Crippen molar-refractivity contribution in [3.05, 3.63) is 59.9 Å². The van der Waals surface area contributed by atoms with Crippen molar-refractivity contribution < 1.29 is 9.13 Å². The predicted octanol–water partition coefficient (Wildman–Crippen LogP) is 5.01. The van der Waals surface area contributed by atoms with Crippen LogP contribution in [0, 0.1) is 5.82 Å². The summed E-state index contributed by atoms with van der Waals surface area (Å²) in [6, 6.07) is 14.5. The van der Waals surface area contributed by atoms with Crippen molar-refractivity contribution in [1.82, 2.24) is 0 Å². The molecule has 0 aliphatic carbocycles. The average molecular weight is 287 g/mol. The zero-order chi connectivity index (χ0) is 14.9. The van der Waals surface area contributed by atoms with Crippen molar-refractivity contribution >= 4 is 5.69 Å². The van der Waals surface area contributed by atoms with E-state index in [1.807, 2.05) is 30.3 Å². The highest BCUT2D eigenvalue weighted by Crippen LogP contribution is 2.17. The first-order valence-corrected chi connectivity index (χ1v) is 7.49. The molecule has 0 aliphatic heterocycles. The molecule has 0 radical (unpaired) electrons. The summed E-state index contributed by atoms with van der Waals surface area (Å²) in [6.45, 7) is 3.55. The topological polar surface area (TPSA) is 21.3 Å². The van der Waals surface area contributed by atoms with Crippen LogP contribution >= 0.6 is 0 Å². The summed E-state index contributed by atoms with van der Waals surface area (Å²) in [5.41, 5.74) is 1.93. The molecule has 0 aliphatic rings. The second-order valence-corrected chi connectivity index (χ2v) is 5.06. The Kier molecular flexibility index (Phi) is 6.07. The fraction of sp³-hybridized carbons (Fsp3) is 0.333. The molecule has 0 saturated heterocycles. The van der Waals surface area contributed by atoms with Crippen LogP contribution in [0.25, 0.3) is 0 Å². The number of hydrogen-bond acceptors (Lipinski definition) is 2. The van der Waals surface area contributed by atoms with E-state index in [0.29, 0.717) is 6.54 Å². The van der Waals surface area contributed by atoms with Crippen molar-refractivity contribution in [3.8, 4) is 5.75 Å². The molecule has 2 aromatic rings. The van der Waals surface area contributed by atoms with Crippen LogP contribution in [-0.4, -0.2) is 6.61 Å². The first-order valence-electron chi connectivity index (χ1n) is 7.49. The summed E-state index contributed by atoms with van der Waals surface area (Å²) < 4.78 is 18.7. The fourth-order valence-electron chi connectivity index (χ4n) is 2.06. The molecule has 2 aromatic carbocycles. The van der Waals surface area contributed by atoms with E-state index in [1.165, 1.54) is 25.0 Å². The van der Waals surface area contributed by atoms with Crippen molar-refractivity contribution in [3.63, 3.8) is 0 Å². The minimum Gasteiger partial charge on any atom is -0.494 e. The van der Waals surface area contributed by atoms with E-state index in [-0.39, 0.29) is 5.82 Å². The van der Waals surface area contributed by atoms with Gasteiger partial charge in [-0.2, -0.15) is 0 Å². The molecule has 0 saturated carbocycles. The molecule has 0 aromatic heterocycles. The van der Waals surface area contributed by atoms with Gasteiger partial charge in [-0.15, -0.1) is 0 Å². The Morgan fingerprint density at radius 2 is 1.86 bits per heavy atom. The van der Waals surface area contributed by atoms with E-state index in [9.17, 15) is 4.39 Å². The predicted molar refractivity (Wildman–Crippen MR) is 85.2 cm³/mol. The van der Waals surface area contributed by atoms with Crippen molar-refractivity contribution in [2.45, 2.75) is 32.7 Å². The van der Waals surface area contributed by atoms with Crippen LogP contribution in [0.2, 0.25) is 0 Å². The standard InChI is InChI=1S/C18H22FNO/c1-2-3-4-12-21-18-10-8-17(9-11-18)20-14-15-6-5-7-16(19)13-15/h5-11,13,20H,2-4,12,14H2,1H3. The van der Waals surface area contributed by atoms with Gasteiger partial charge in [0.2, 0.25) is 0 Å². The monoisotopic (exact) mass is 287 g/mol. The van der Waals surface area contributed by atoms with E-state index in [0.717, 1.165) is 30.0 Å². The summed E-state index contributed by atoms with van der Waals surface area (Å²) >= 11 is 0. The van der Waals surface area contributed by atoms with Crippen molar-refractivity contribution in [2.75, 3.05) is 11.9 Å². The molecule has 0 spiro atoms. The molecule has 2 rings (SSSR count). The Morgan fingerprint density at radius 3 is 2.57 bits per heavy atom. The maximum absolute atomic E-state index is 13.1. The smallest absolute Gasteiger partial charge is 0.123 e. The molecule has 1 N–H and O–H groups in total. The number of nitrogens with one attached hydrogen (secondary N) is 1. The summed E-state index contributed by atoms with van der Waals surface area (Å²) in [7, 11) is 0. The van der Waals surface area contributed by atoms with Gasteiger partial charge in [0.25, 0.3) is 0 Å². The third kappa shape index (κ3) is 5.46. The van der Waals surface area contributed by atoms with Gasteiger partial charge in [-0.25, -0.2) is 4.39 Å². The number of rotatable bonds is 8. The molecule has 0 amide bonds. The van der Waals surface area contributed by atoms with Gasteiger partial charge >= 0.3 is 0 Å². The molecule has 2 nitrogen and oxygen atoms in total. The Bertz CT molecular complexity index is 539. The lowest BCUT2D eigenvalue weighted by Crippen LogP contribution is -2.00. The lowest BCUT2D eigenvalue weighted by atomic mass is 10.2. The zero-order valence-corrected chi connectivity index (χ0v) is 12.4. The lowest BCUT2D eigenvalue weighted by molar-refractivity contribution is 0.306. The second-order valence-electron chi connectivity index (χ2n) is 5.06. The van der Waals surface area contributed by atoms with Crippen LogP contribution in [0.3, 0.4) is 0 Å². The van der Waals surface area contributed by atoms with Crippen LogP contribution in [0.5, 0.6) is 5.75 Å². The maximum Gasteiger partial charge on any atom is 0.123 e. The van der Waals surface area contributed by atoms with E-state index >= 15 is 0 Å². The minimum absolute atomic E-state index is 0.204. The van der Waals surface area contributed by atoms with Gasteiger partial charge in [-0.05, 0) is 48.4 Å². The van der Waals surface area contributed by atoms with Gasteiger partial charge in [0.05, 0.1) is 6.61 Å². The number of hydrogen-bond donors (Lipinski definition) is 1. The number of benzene rings is 2. The molecule has 0 unspecified atom stereocenters. The zero-order valence-electron chi connectivity index (χ0n) is 12.4. The molecule has 21 heavy (non-hydrogen) atoms.